The lowest BCUT2D eigenvalue weighted by Gasteiger charge is -2.39. The number of esters is 1. The first kappa shape index (κ1) is 27.3. The standard InChI is InChI=1S/C31H35N5O5/c32-36-25-14-7-5-10-21(25)19-26(31(40)41-27-15-8-18-34(27)29(38)30(36)39)35(22-11-2-1-3-12-22)28(37)24-17-16-20-9-4-6-13-23(20)33-24/h4-7,9-10,13-14,16-17,22,26-27,29,38H,1-3,8,11-12,15,18-19,32H2. The summed E-state index contributed by atoms with van der Waals surface area (Å²) in [6.07, 6.45) is 3.32. The van der Waals surface area contributed by atoms with Gasteiger partial charge in [-0.15, -0.1) is 0 Å². The molecule has 1 aliphatic carbocycles. The van der Waals surface area contributed by atoms with Crippen molar-refractivity contribution in [3.05, 3.63) is 71.9 Å². The van der Waals surface area contributed by atoms with Crippen LogP contribution in [0.4, 0.5) is 5.69 Å². The van der Waals surface area contributed by atoms with E-state index in [1.54, 1.807) is 35.2 Å². The maximum Gasteiger partial charge on any atom is 0.330 e. The van der Waals surface area contributed by atoms with Gasteiger partial charge in [0.05, 0.1) is 11.2 Å². The number of aliphatic hydroxyl groups excluding tert-OH is 1. The van der Waals surface area contributed by atoms with Crippen molar-refractivity contribution in [2.45, 2.75) is 75.9 Å². The highest BCUT2D eigenvalue weighted by Gasteiger charge is 2.43. The molecule has 6 rings (SSSR count). The van der Waals surface area contributed by atoms with Crippen LogP contribution < -0.4 is 10.9 Å². The number of aliphatic hydroxyl groups is 1. The summed E-state index contributed by atoms with van der Waals surface area (Å²) in [6.45, 7) is 0.372. The van der Waals surface area contributed by atoms with Crippen molar-refractivity contribution in [2.24, 2.45) is 5.84 Å². The Hall–Kier alpha value is -3.86. The van der Waals surface area contributed by atoms with Crippen LogP contribution in [0.1, 0.15) is 61.0 Å². The molecule has 10 heteroatoms. The van der Waals surface area contributed by atoms with E-state index in [0.717, 1.165) is 42.5 Å². The van der Waals surface area contributed by atoms with Crippen LogP contribution in [0.3, 0.4) is 0 Å². The number of nitrogens with zero attached hydrogens (tertiary/aromatic N) is 4. The fraction of sp³-hybridized carbons (Fsp3) is 0.419. The van der Waals surface area contributed by atoms with Crippen molar-refractivity contribution >= 4 is 34.4 Å². The van der Waals surface area contributed by atoms with Crippen LogP contribution in [-0.4, -0.2) is 68.8 Å². The number of aromatic nitrogens is 1. The number of amides is 2. The van der Waals surface area contributed by atoms with Gasteiger partial charge in [0.2, 0.25) is 0 Å². The molecule has 3 aliphatic rings. The van der Waals surface area contributed by atoms with Crippen LogP contribution in [0.25, 0.3) is 10.9 Å². The van der Waals surface area contributed by atoms with E-state index in [4.69, 9.17) is 10.6 Å². The Morgan fingerprint density at radius 1 is 0.951 bits per heavy atom. The van der Waals surface area contributed by atoms with Crippen LogP contribution in [0.15, 0.2) is 60.7 Å². The minimum atomic E-state index is -1.57. The van der Waals surface area contributed by atoms with Crippen LogP contribution in [0.5, 0.6) is 0 Å². The van der Waals surface area contributed by atoms with E-state index < -0.39 is 30.4 Å². The minimum absolute atomic E-state index is 0.0919. The summed E-state index contributed by atoms with van der Waals surface area (Å²) in [5, 5.41) is 12.8. The molecule has 1 saturated heterocycles. The van der Waals surface area contributed by atoms with E-state index in [0.29, 0.717) is 36.2 Å². The van der Waals surface area contributed by atoms with Gasteiger partial charge in [-0.1, -0.05) is 61.7 Å². The van der Waals surface area contributed by atoms with Gasteiger partial charge >= 0.3 is 5.97 Å². The monoisotopic (exact) mass is 557 g/mol. The van der Waals surface area contributed by atoms with Crippen LogP contribution >= 0.6 is 0 Å². The van der Waals surface area contributed by atoms with Crippen molar-refractivity contribution in [1.82, 2.24) is 14.8 Å². The lowest BCUT2D eigenvalue weighted by Crippen LogP contribution is -2.55. The molecule has 2 fully saturated rings. The Morgan fingerprint density at radius 2 is 1.71 bits per heavy atom. The van der Waals surface area contributed by atoms with Gasteiger partial charge in [-0.05, 0) is 49.4 Å². The number of fused-ring (bicyclic) bond motifs is 3. The third-order valence-corrected chi connectivity index (χ3v) is 8.55. The Morgan fingerprint density at radius 3 is 2.54 bits per heavy atom. The Bertz CT molecular complexity index is 1460. The van der Waals surface area contributed by atoms with Gasteiger partial charge in [-0.2, -0.15) is 0 Å². The number of carbonyl (C=O) groups is 3. The molecule has 10 nitrogen and oxygen atoms in total. The van der Waals surface area contributed by atoms with Crippen molar-refractivity contribution in [3.63, 3.8) is 0 Å². The third-order valence-electron chi connectivity index (χ3n) is 8.55. The molecule has 1 aromatic heterocycles. The first-order valence-electron chi connectivity index (χ1n) is 14.4. The molecule has 3 unspecified atom stereocenters. The second kappa shape index (κ2) is 11.6. The average molecular weight is 558 g/mol. The maximum atomic E-state index is 14.4. The second-order valence-corrected chi connectivity index (χ2v) is 11.1. The quantitative estimate of drug-likeness (QED) is 0.286. The SMILES string of the molecule is NN1C(=O)C(O)N2CCCC2OC(=O)C(N(C(=O)c2ccc3ccccc3n2)C2CCCCC2)Cc2ccccc21. The van der Waals surface area contributed by atoms with E-state index in [-0.39, 0.29) is 24.1 Å². The number of nitrogens with two attached hydrogens (primary N) is 1. The van der Waals surface area contributed by atoms with Crippen molar-refractivity contribution < 1.29 is 24.2 Å². The summed E-state index contributed by atoms with van der Waals surface area (Å²) in [7, 11) is 0. The number of hydrogen-bond acceptors (Lipinski definition) is 8. The number of anilines is 1. The first-order chi connectivity index (χ1) is 19.9. The second-order valence-electron chi connectivity index (χ2n) is 11.1. The van der Waals surface area contributed by atoms with E-state index in [2.05, 4.69) is 4.98 Å². The molecule has 1 saturated carbocycles. The molecule has 2 aliphatic heterocycles. The molecule has 2 aromatic carbocycles. The van der Waals surface area contributed by atoms with Gasteiger partial charge in [0.25, 0.3) is 11.8 Å². The topological polar surface area (TPSA) is 129 Å². The molecule has 0 spiro atoms. The first-order valence-corrected chi connectivity index (χ1v) is 14.4. The number of benzene rings is 2. The third kappa shape index (κ3) is 5.30. The Kier molecular flexibility index (Phi) is 7.70. The molecular formula is C31H35N5O5. The lowest BCUT2D eigenvalue weighted by molar-refractivity contribution is -0.174. The fourth-order valence-corrected chi connectivity index (χ4v) is 6.42. The summed E-state index contributed by atoms with van der Waals surface area (Å²) in [5.41, 5.74) is 1.93. The average Bonchev–Trinajstić information content (AvgIpc) is 3.47. The van der Waals surface area contributed by atoms with Crippen LogP contribution in [-0.2, 0) is 20.7 Å². The van der Waals surface area contributed by atoms with E-state index in [9.17, 15) is 19.5 Å². The number of pyridine rings is 1. The smallest absolute Gasteiger partial charge is 0.330 e. The van der Waals surface area contributed by atoms with E-state index >= 15 is 0 Å². The predicted molar refractivity (Wildman–Crippen MR) is 152 cm³/mol. The summed E-state index contributed by atoms with van der Waals surface area (Å²) in [5.74, 6) is 4.68. The van der Waals surface area contributed by atoms with E-state index in [1.165, 1.54) is 4.90 Å². The number of rotatable bonds is 3. The highest BCUT2D eigenvalue weighted by Crippen LogP contribution is 2.32. The van der Waals surface area contributed by atoms with Crippen LogP contribution in [0, 0.1) is 0 Å². The summed E-state index contributed by atoms with van der Waals surface area (Å²) < 4.78 is 6.02. The molecule has 3 atom stereocenters. The highest BCUT2D eigenvalue weighted by atomic mass is 16.6. The van der Waals surface area contributed by atoms with E-state index in [1.807, 2.05) is 30.3 Å². The van der Waals surface area contributed by atoms with Gasteiger partial charge in [0.15, 0.2) is 12.5 Å². The zero-order chi connectivity index (χ0) is 28.5. The lowest BCUT2D eigenvalue weighted by atomic mass is 9.91. The number of hydrazine groups is 1. The molecule has 41 heavy (non-hydrogen) atoms. The van der Waals surface area contributed by atoms with Gasteiger partial charge < -0.3 is 14.7 Å². The molecular weight excluding hydrogens is 522 g/mol. The molecule has 0 radical (unpaired) electrons. The molecule has 2 amide bonds. The normalized spacial score (nSPS) is 24.3. The summed E-state index contributed by atoms with van der Waals surface area (Å²) in [6, 6.07) is 17.0. The van der Waals surface area contributed by atoms with Gasteiger partial charge in [0, 0.05) is 24.4 Å². The minimum Gasteiger partial charge on any atom is -0.445 e. The molecule has 3 N–H and O–H groups in total. The summed E-state index contributed by atoms with van der Waals surface area (Å²) >= 11 is 0. The Labute approximate surface area is 238 Å². The van der Waals surface area contributed by atoms with Crippen molar-refractivity contribution in [2.75, 3.05) is 11.6 Å². The summed E-state index contributed by atoms with van der Waals surface area (Å²) in [4.78, 5) is 49.5. The highest BCUT2D eigenvalue weighted by molar-refractivity contribution is 5.98. The number of para-hydroxylation sites is 2. The molecule has 0 bridgehead atoms. The zero-order valence-electron chi connectivity index (χ0n) is 22.9. The predicted octanol–water partition coefficient (Wildman–Crippen LogP) is 3.12. The van der Waals surface area contributed by atoms with Gasteiger partial charge in [0.1, 0.15) is 11.7 Å². The van der Waals surface area contributed by atoms with Gasteiger partial charge in [-0.3, -0.25) is 9.59 Å². The maximum absolute atomic E-state index is 14.4. The molecule has 3 heterocycles. The molecule has 214 valence electrons. The number of ether oxygens (including phenoxy) is 1. The number of carbonyl (C=O) groups excluding carboxylic acids is 3. The Balaban J connectivity index is 1.45. The largest absolute Gasteiger partial charge is 0.445 e. The number of hydrogen-bond donors (Lipinski definition) is 2. The van der Waals surface area contributed by atoms with Crippen molar-refractivity contribution in [1.29, 1.82) is 0 Å². The van der Waals surface area contributed by atoms with Crippen molar-refractivity contribution in [3.8, 4) is 0 Å². The zero-order valence-corrected chi connectivity index (χ0v) is 22.9. The fourth-order valence-electron chi connectivity index (χ4n) is 6.42. The molecule has 3 aromatic rings. The van der Waals surface area contributed by atoms with Crippen LogP contribution in [0.2, 0.25) is 0 Å². The van der Waals surface area contributed by atoms with Gasteiger partial charge in [-0.25, -0.2) is 25.5 Å².